The molecule has 5 rings (SSSR count). The number of halogens is 1. The molecule has 1 aliphatic carbocycles. The molecule has 2 amide bonds. The number of amides is 2. The number of rotatable bonds is 8. The van der Waals surface area contributed by atoms with Gasteiger partial charge in [-0.3, -0.25) is 9.59 Å². The molecule has 0 aromatic heterocycles. The van der Waals surface area contributed by atoms with Crippen molar-refractivity contribution in [3.05, 3.63) is 65.0 Å². The SMILES string of the molecule is CC[C@H](Oc1ccc2c(c1)[C@H](c1ccc(F)cc1)N(C(=O)C1CCCC1)CC2)C(=O)NC[C@@H]1CCCO1. The van der Waals surface area contributed by atoms with Gasteiger partial charge in [-0.15, -0.1) is 0 Å². The summed E-state index contributed by atoms with van der Waals surface area (Å²) in [5.41, 5.74) is 3.01. The lowest BCUT2D eigenvalue weighted by Crippen LogP contribution is -2.43. The average molecular weight is 509 g/mol. The summed E-state index contributed by atoms with van der Waals surface area (Å²) in [6.45, 7) is 3.80. The maximum absolute atomic E-state index is 13.8. The number of nitrogens with zero attached hydrogens (tertiary/aromatic N) is 1. The van der Waals surface area contributed by atoms with E-state index < -0.39 is 6.10 Å². The van der Waals surface area contributed by atoms with Crippen molar-refractivity contribution in [1.29, 1.82) is 0 Å². The Morgan fingerprint density at radius 1 is 1.11 bits per heavy atom. The Balaban J connectivity index is 1.39. The van der Waals surface area contributed by atoms with E-state index in [1.54, 1.807) is 12.1 Å². The highest BCUT2D eigenvalue weighted by Gasteiger charge is 2.36. The first-order valence-corrected chi connectivity index (χ1v) is 13.8. The molecule has 6 nitrogen and oxygen atoms in total. The summed E-state index contributed by atoms with van der Waals surface area (Å²) in [4.78, 5) is 28.4. The van der Waals surface area contributed by atoms with Gasteiger partial charge in [0.25, 0.3) is 5.91 Å². The molecular weight excluding hydrogens is 471 g/mol. The van der Waals surface area contributed by atoms with E-state index in [1.807, 2.05) is 30.0 Å². The summed E-state index contributed by atoms with van der Waals surface area (Å²) in [6.07, 6.45) is 6.77. The van der Waals surface area contributed by atoms with Gasteiger partial charge in [0.15, 0.2) is 6.10 Å². The Hall–Kier alpha value is -2.93. The van der Waals surface area contributed by atoms with Crippen molar-refractivity contribution in [1.82, 2.24) is 10.2 Å². The Kier molecular flexibility index (Phi) is 8.08. The van der Waals surface area contributed by atoms with E-state index >= 15 is 0 Å². The van der Waals surface area contributed by atoms with E-state index in [9.17, 15) is 14.0 Å². The number of carbonyl (C=O) groups excluding carboxylic acids is 2. The van der Waals surface area contributed by atoms with E-state index in [4.69, 9.17) is 9.47 Å². The fourth-order valence-corrected chi connectivity index (χ4v) is 5.94. The van der Waals surface area contributed by atoms with Gasteiger partial charge in [0, 0.05) is 25.6 Å². The minimum Gasteiger partial charge on any atom is -0.481 e. The van der Waals surface area contributed by atoms with Crippen molar-refractivity contribution in [3.63, 3.8) is 0 Å². The van der Waals surface area contributed by atoms with Crippen LogP contribution in [0.4, 0.5) is 4.39 Å². The van der Waals surface area contributed by atoms with Crippen LogP contribution < -0.4 is 10.1 Å². The van der Waals surface area contributed by atoms with Crippen LogP contribution in [0, 0.1) is 11.7 Å². The summed E-state index contributed by atoms with van der Waals surface area (Å²) in [7, 11) is 0. The Morgan fingerprint density at radius 3 is 2.59 bits per heavy atom. The van der Waals surface area contributed by atoms with Crippen LogP contribution in [0.15, 0.2) is 42.5 Å². The summed E-state index contributed by atoms with van der Waals surface area (Å²) in [5.74, 6) is 0.388. The highest BCUT2D eigenvalue weighted by molar-refractivity contribution is 5.81. The second kappa shape index (κ2) is 11.6. The van der Waals surface area contributed by atoms with E-state index in [0.717, 1.165) is 68.2 Å². The van der Waals surface area contributed by atoms with Crippen LogP contribution in [-0.4, -0.2) is 48.6 Å². The molecular formula is C30H37FN2O4. The van der Waals surface area contributed by atoms with E-state index in [0.29, 0.717) is 25.3 Å². The second-order valence-electron chi connectivity index (χ2n) is 10.5. The lowest BCUT2D eigenvalue weighted by Gasteiger charge is -2.39. The average Bonchev–Trinajstić information content (AvgIpc) is 3.65. The molecule has 2 heterocycles. The molecule has 0 bridgehead atoms. The van der Waals surface area contributed by atoms with Crippen molar-refractivity contribution in [2.45, 2.75) is 76.5 Å². The highest BCUT2D eigenvalue weighted by atomic mass is 19.1. The van der Waals surface area contributed by atoms with Gasteiger partial charge in [0.05, 0.1) is 12.1 Å². The molecule has 7 heteroatoms. The van der Waals surface area contributed by atoms with Gasteiger partial charge in [-0.1, -0.05) is 38.0 Å². The number of ether oxygens (including phenoxy) is 2. The lowest BCUT2D eigenvalue weighted by atomic mass is 9.87. The van der Waals surface area contributed by atoms with Gasteiger partial charge >= 0.3 is 0 Å². The maximum atomic E-state index is 13.8. The van der Waals surface area contributed by atoms with E-state index in [1.165, 1.54) is 12.1 Å². The summed E-state index contributed by atoms with van der Waals surface area (Å²) in [5, 5.41) is 2.97. The van der Waals surface area contributed by atoms with Crippen LogP contribution in [-0.2, 0) is 20.7 Å². The standard InChI is InChI=1S/C30H37FN2O4/c1-2-27(29(34)32-19-25-8-5-17-36-25)37-24-14-11-20-15-16-33(30(35)22-6-3-4-7-22)28(26(20)18-24)21-9-12-23(31)13-10-21/h9-14,18,22,25,27-28H,2-8,15-17,19H2,1H3,(H,32,34)/t25-,27-,28-/m0/s1. The highest BCUT2D eigenvalue weighted by Crippen LogP contribution is 2.40. The predicted octanol–water partition coefficient (Wildman–Crippen LogP) is 4.94. The number of nitrogens with one attached hydrogen (secondary N) is 1. The molecule has 3 aliphatic rings. The maximum Gasteiger partial charge on any atom is 0.261 e. The molecule has 2 aromatic rings. The molecule has 37 heavy (non-hydrogen) atoms. The van der Waals surface area contributed by atoms with Crippen molar-refractivity contribution < 1.29 is 23.5 Å². The number of fused-ring (bicyclic) bond motifs is 1. The molecule has 1 saturated carbocycles. The normalized spacial score (nSPS) is 22.5. The van der Waals surface area contributed by atoms with Crippen molar-refractivity contribution in [2.75, 3.05) is 19.7 Å². The molecule has 1 N–H and O–H groups in total. The lowest BCUT2D eigenvalue weighted by molar-refractivity contribution is -0.137. The van der Waals surface area contributed by atoms with Gasteiger partial charge < -0.3 is 19.7 Å². The Labute approximate surface area is 218 Å². The molecule has 2 aromatic carbocycles. The van der Waals surface area contributed by atoms with E-state index in [2.05, 4.69) is 5.32 Å². The van der Waals surface area contributed by atoms with Gasteiger partial charge in [-0.05, 0) is 79.5 Å². The van der Waals surface area contributed by atoms with Crippen LogP contribution in [0.1, 0.15) is 74.6 Å². The smallest absolute Gasteiger partial charge is 0.261 e. The molecule has 2 fully saturated rings. The second-order valence-corrected chi connectivity index (χ2v) is 10.5. The summed E-state index contributed by atoms with van der Waals surface area (Å²) >= 11 is 0. The third kappa shape index (κ3) is 5.82. The predicted molar refractivity (Wildman–Crippen MR) is 139 cm³/mol. The van der Waals surface area contributed by atoms with Crippen LogP contribution in [0.2, 0.25) is 0 Å². The summed E-state index contributed by atoms with van der Waals surface area (Å²) < 4.78 is 25.6. The molecule has 198 valence electrons. The number of hydrogen-bond donors (Lipinski definition) is 1. The fourth-order valence-electron chi connectivity index (χ4n) is 5.94. The van der Waals surface area contributed by atoms with Crippen LogP contribution >= 0.6 is 0 Å². The van der Waals surface area contributed by atoms with Crippen molar-refractivity contribution >= 4 is 11.8 Å². The van der Waals surface area contributed by atoms with Gasteiger partial charge in [-0.25, -0.2) is 4.39 Å². The molecule has 0 radical (unpaired) electrons. The molecule has 1 saturated heterocycles. The van der Waals surface area contributed by atoms with Crippen molar-refractivity contribution in [2.24, 2.45) is 5.92 Å². The van der Waals surface area contributed by atoms with Crippen LogP contribution in [0.5, 0.6) is 5.75 Å². The van der Waals surface area contributed by atoms with E-state index in [-0.39, 0.29) is 35.7 Å². The first-order valence-electron chi connectivity index (χ1n) is 13.8. The molecule has 0 unspecified atom stereocenters. The minimum atomic E-state index is -0.622. The monoisotopic (exact) mass is 508 g/mol. The van der Waals surface area contributed by atoms with Crippen LogP contribution in [0.25, 0.3) is 0 Å². The first-order chi connectivity index (χ1) is 18.0. The Morgan fingerprint density at radius 2 is 1.89 bits per heavy atom. The Bertz CT molecular complexity index is 1090. The van der Waals surface area contributed by atoms with Gasteiger partial charge in [-0.2, -0.15) is 0 Å². The quantitative estimate of drug-likeness (QED) is 0.548. The zero-order valence-corrected chi connectivity index (χ0v) is 21.6. The largest absolute Gasteiger partial charge is 0.481 e. The molecule has 3 atom stereocenters. The zero-order chi connectivity index (χ0) is 25.8. The zero-order valence-electron chi connectivity index (χ0n) is 21.6. The molecule has 0 spiro atoms. The number of hydrogen-bond acceptors (Lipinski definition) is 4. The fraction of sp³-hybridized carbons (Fsp3) is 0.533. The first kappa shape index (κ1) is 25.7. The van der Waals surface area contributed by atoms with Crippen LogP contribution in [0.3, 0.4) is 0 Å². The topological polar surface area (TPSA) is 67.9 Å². The number of benzene rings is 2. The summed E-state index contributed by atoms with van der Waals surface area (Å²) in [6, 6.07) is 12.0. The van der Waals surface area contributed by atoms with Gasteiger partial charge in [0.1, 0.15) is 11.6 Å². The third-order valence-electron chi connectivity index (χ3n) is 7.99. The third-order valence-corrected chi connectivity index (χ3v) is 7.99. The van der Waals surface area contributed by atoms with Gasteiger partial charge in [0.2, 0.25) is 5.91 Å². The minimum absolute atomic E-state index is 0.0564. The molecule has 2 aliphatic heterocycles. The van der Waals surface area contributed by atoms with Crippen molar-refractivity contribution in [3.8, 4) is 5.75 Å². The number of carbonyl (C=O) groups is 2.